The van der Waals surface area contributed by atoms with E-state index in [1.165, 1.54) is 0 Å². The van der Waals surface area contributed by atoms with Gasteiger partial charge in [0.2, 0.25) is 5.91 Å². The average Bonchev–Trinajstić information content (AvgIpc) is 2.51. The van der Waals surface area contributed by atoms with Crippen LogP contribution >= 0.6 is 0 Å². The molecule has 0 saturated heterocycles. The third-order valence-electron chi connectivity index (χ3n) is 3.25. The van der Waals surface area contributed by atoms with Crippen molar-refractivity contribution < 1.29 is 19.1 Å². The Hall–Kier alpha value is -2.08. The molecule has 0 heterocycles. The van der Waals surface area contributed by atoms with Crippen LogP contribution in [0, 0.1) is 6.92 Å². The summed E-state index contributed by atoms with van der Waals surface area (Å²) in [7, 11) is 0. The predicted molar refractivity (Wildman–Crippen MR) is 90.8 cm³/mol. The van der Waals surface area contributed by atoms with Crippen molar-refractivity contribution >= 4 is 23.4 Å². The number of amides is 2. The number of hydrogen-bond acceptors (Lipinski definition) is 4. The first-order chi connectivity index (χ1) is 11.1. The molecule has 0 aliphatic heterocycles. The van der Waals surface area contributed by atoms with E-state index in [1.54, 1.807) is 25.1 Å². The zero-order chi connectivity index (χ0) is 17.1. The van der Waals surface area contributed by atoms with Gasteiger partial charge < -0.3 is 14.8 Å². The van der Waals surface area contributed by atoms with Crippen molar-refractivity contribution in [3.05, 3.63) is 23.8 Å². The van der Waals surface area contributed by atoms with Crippen LogP contribution in [0.1, 0.15) is 38.7 Å². The Morgan fingerprint density at radius 2 is 1.78 bits per heavy atom. The van der Waals surface area contributed by atoms with Gasteiger partial charge in [0.05, 0.1) is 6.61 Å². The molecule has 0 unspecified atom stereocenters. The summed E-state index contributed by atoms with van der Waals surface area (Å²) in [6.45, 7) is 6.59. The van der Waals surface area contributed by atoms with Crippen molar-refractivity contribution in [1.82, 2.24) is 0 Å². The van der Waals surface area contributed by atoms with Gasteiger partial charge in [-0.05, 0) is 38.0 Å². The minimum absolute atomic E-state index is 0.0265. The molecule has 0 saturated carbocycles. The molecule has 0 bridgehead atoms. The van der Waals surface area contributed by atoms with Gasteiger partial charge in [-0.1, -0.05) is 25.8 Å². The molecule has 0 atom stereocenters. The first-order valence-electron chi connectivity index (χ1n) is 7.99. The monoisotopic (exact) mass is 322 g/mol. The maximum atomic E-state index is 11.9. The summed E-state index contributed by atoms with van der Waals surface area (Å²) in [5.41, 5.74) is 2.01. The van der Waals surface area contributed by atoms with E-state index in [9.17, 15) is 9.59 Å². The largest absolute Gasteiger partial charge is 0.450 e. The third kappa shape index (κ3) is 7.15. The summed E-state index contributed by atoms with van der Waals surface area (Å²) in [4.78, 5) is 23.4. The van der Waals surface area contributed by atoms with Crippen LogP contribution in [0.5, 0.6) is 0 Å². The smallest absolute Gasteiger partial charge is 0.411 e. The maximum absolute atomic E-state index is 11.9. The third-order valence-corrected chi connectivity index (χ3v) is 3.25. The van der Waals surface area contributed by atoms with E-state index >= 15 is 0 Å². The van der Waals surface area contributed by atoms with Crippen molar-refractivity contribution in [3.63, 3.8) is 0 Å². The lowest BCUT2D eigenvalue weighted by atomic mass is 10.1. The van der Waals surface area contributed by atoms with Gasteiger partial charge in [0.25, 0.3) is 0 Å². The van der Waals surface area contributed by atoms with E-state index in [1.807, 2.05) is 6.92 Å². The Kier molecular flexibility index (Phi) is 8.75. The fraction of sp³-hybridized carbons (Fsp3) is 0.529. The number of anilines is 2. The van der Waals surface area contributed by atoms with Gasteiger partial charge in [-0.2, -0.15) is 0 Å². The molecule has 2 amide bonds. The molecule has 1 rings (SSSR count). The quantitative estimate of drug-likeness (QED) is 0.680. The normalized spacial score (nSPS) is 10.2. The van der Waals surface area contributed by atoms with Crippen molar-refractivity contribution in [1.29, 1.82) is 0 Å². The predicted octanol–water partition coefficient (Wildman–Crippen LogP) is 3.71. The van der Waals surface area contributed by atoms with Gasteiger partial charge in [0.15, 0.2) is 0 Å². The molecule has 0 spiro atoms. The summed E-state index contributed by atoms with van der Waals surface area (Å²) in [5.74, 6) is -0.210. The lowest BCUT2D eigenvalue weighted by Gasteiger charge is -2.13. The Labute approximate surface area is 137 Å². The lowest BCUT2D eigenvalue weighted by molar-refractivity contribution is -0.120. The van der Waals surface area contributed by atoms with Crippen LogP contribution in [0.25, 0.3) is 0 Å². The molecule has 128 valence electrons. The van der Waals surface area contributed by atoms with Gasteiger partial charge in [-0.15, -0.1) is 0 Å². The van der Waals surface area contributed by atoms with Crippen LogP contribution in [0.4, 0.5) is 16.2 Å². The fourth-order valence-electron chi connectivity index (χ4n) is 1.99. The number of carbonyl (C=O) groups is 2. The average molecular weight is 322 g/mol. The van der Waals surface area contributed by atoms with Gasteiger partial charge in [-0.3, -0.25) is 10.1 Å². The number of carbonyl (C=O) groups excluding carboxylic acids is 2. The Morgan fingerprint density at radius 1 is 1.09 bits per heavy atom. The van der Waals surface area contributed by atoms with E-state index in [2.05, 4.69) is 17.6 Å². The van der Waals surface area contributed by atoms with Crippen LogP contribution in [0.3, 0.4) is 0 Å². The molecule has 0 aliphatic rings. The zero-order valence-electron chi connectivity index (χ0n) is 14.1. The highest BCUT2D eigenvalue weighted by molar-refractivity contribution is 5.94. The number of unbranched alkanes of at least 4 members (excludes halogenated alkanes) is 2. The van der Waals surface area contributed by atoms with Crippen molar-refractivity contribution in [2.75, 3.05) is 30.5 Å². The van der Waals surface area contributed by atoms with E-state index in [4.69, 9.17) is 9.47 Å². The summed E-state index contributed by atoms with van der Waals surface area (Å²) < 4.78 is 10.2. The Bertz CT molecular complexity index is 517. The Morgan fingerprint density at radius 3 is 2.43 bits per heavy atom. The highest BCUT2D eigenvalue weighted by Gasteiger charge is 2.10. The molecule has 23 heavy (non-hydrogen) atoms. The highest BCUT2D eigenvalue weighted by atomic mass is 16.5. The fourth-order valence-corrected chi connectivity index (χ4v) is 1.99. The summed E-state index contributed by atoms with van der Waals surface area (Å²) in [6.07, 6.45) is 2.66. The molecule has 0 radical (unpaired) electrons. The molecule has 0 aromatic heterocycles. The van der Waals surface area contributed by atoms with E-state index in [0.29, 0.717) is 24.6 Å². The standard InChI is InChI=1S/C17H26N2O4/c1-4-6-7-11-22-12-16(20)18-14-9-8-10-15(13(14)3)19-17(21)23-5-2/h8-10H,4-7,11-12H2,1-3H3,(H,18,20)(H,19,21). The van der Waals surface area contributed by atoms with E-state index < -0.39 is 6.09 Å². The molecule has 6 nitrogen and oxygen atoms in total. The van der Waals surface area contributed by atoms with Crippen molar-refractivity contribution in [2.24, 2.45) is 0 Å². The van der Waals surface area contributed by atoms with Crippen LogP contribution < -0.4 is 10.6 Å². The first-order valence-corrected chi connectivity index (χ1v) is 7.99. The van der Waals surface area contributed by atoms with E-state index in [0.717, 1.165) is 24.8 Å². The zero-order valence-corrected chi connectivity index (χ0v) is 14.1. The van der Waals surface area contributed by atoms with Crippen LogP contribution in [-0.4, -0.2) is 31.8 Å². The van der Waals surface area contributed by atoms with Gasteiger partial charge in [0.1, 0.15) is 6.61 Å². The van der Waals surface area contributed by atoms with Gasteiger partial charge in [-0.25, -0.2) is 4.79 Å². The number of ether oxygens (including phenoxy) is 2. The summed E-state index contributed by atoms with van der Waals surface area (Å²) in [5, 5.41) is 5.44. The van der Waals surface area contributed by atoms with Crippen LogP contribution in [0.15, 0.2) is 18.2 Å². The van der Waals surface area contributed by atoms with Crippen LogP contribution in [0.2, 0.25) is 0 Å². The molecule has 2 N–H and O–H groups in total. The molecule has 0 fully saturated rings. The first kappa shape index (κ1) is 19.0. The molecular formula is C17H26N2O4. The topological polar surface area (TPSA) is 76.7 Å². The molecule has 1 aromatic carbocycles. The summed E-state index contributed by atoms with van der Waals surface area (Å²) in [6, 6.07) is 5.29. The van der Waals surface area contributed by atoms with E-state index in [-0.39, 0.29) is 12.5 Å². The molecule has 6 heteroatoms. The number of nitrogens with one attached hydrogen (secondary N) is 2. The minimum Gasteiger partial charge on any atom is -0.450 e. The second-order valence-corrected chi connectivity index (χ2v) is 5.13. The summed E-state index contributed by atoms with van der Waals surface area (Å²) >= 11 is 0. The van der Waals surface area contributed by atoms with Crippen molar-refractivity contribution in [2.45, 2.75) is 40.0 Å². The van der Waals surface area contributed by atoms with Crippen molar-refractivity contribution in [3.8, 4) is 0 Å². The SMILES string of the molecule is CCCCCOCC(=O)Nc1cccc(NC(=O)OCC)c1C. The maximum Gasteiger partial charge on any atom is 0.411 e. The molecule has 0 aliphatic carbocycles. The second-order valence-electron chi connectivity index (χ2n) is 5.13. The lowest BCUT2D eigenvalue weighted by Crippen LogP contribution is -2.20. The van der Waals surface area contributed by atoms with Gasteiger partial charge >= 0.3 is 6.09 Å². The van der Waals surface area contributed by atoms with Gasteiger partial charge in [0, 0.05) is 18.0 Å². The number of rotatable bonds is 9. The molecule has 1 aromatic rings. The number of hydrogen-bond donors (Lipinski definition) is 2. The van der Waals surface area contributed by atoms with Crippen LogP contribution in [-0.2, 0) is 14.3 Å². The number of benzene rings is 1. The minimum atomic E-state index is -0.515. The highest BCUT2D eigenvalue weighted by Crippen LogP contribution is 2.23. The molecular weight excluding hydrogens is 296 g/mol. The second kappa shape index (κ2) is 10.6. The Balaban J connectivity index is 2.53.